The molecule has 1 fully saturated rings. The van der Waals surface area contributed by atoms with Gasteiger partial charge in [0.2, 0.25) is 10.0 Å². The highest BCUT2D eigenvalue weighted by Crippen LogP contribution is 2.25. The summed E-state index contributed by atoms with van der Waals surface area (Å²) < 4.78 is 27.3. The second kappa shape index (κ2) is 7.87. The van der Waals surface area contributed by atoms with Gasteiger partial charge in [0.1, 0.15) is 0 Å². The van der Waals surface area contributed by atoms with E-state index in [1.807, 2.05) is 27.7 Å². The van der Waals surface area contributed by atoms with Crippen LogP contribution in [0.3, 0.4) is 0 Å². The van der Waals surface area contributed by atoms with Crippen molar-refractivity contribution >= 4 is 15.9 Å². The number of amides is 1. The summed E-state index contributed by atoms with van der Waals surface area (Å²) in [6.07, 6.45) is 1.76. The van der Waals surface area contributed by atoms with E-state index in [1.165, 1.54) is 10.4 Å². The second-order valence-electron chi connectivity index (χ2n) is 7.57. The van der Waals surface area contributed by atoms with E-state index in [1.54, 1.807) is 12.1 Å². The standard InChI is InChI=1S/C19H30N2O3S/c1-13(2)16(5)20-19(22)18-12-17(7-6-15(18)4)25(23,24)21-10-8-14(3)9-11-21/h6-7,12-14,16H,8-11H2,1-5H3,(H,20,22)/t16-/m1/s1. The molecule has 1 aliphatic heterocycles. The van der Waals surface area contributed by atoms with Crippen molar-refractivity contribution in [3.63, 3.8) is 0 Å². The maximum atomic E-state index is 12.9. The molecule has 0 unspecified atom stereocenters. The molecule has 0 saturated carbocycles. The molecule has 0 aliphatic carbocycles. The van der Waals surface area contributed by atoms with Crippen LogP contribution >= 0.6 is 0 Å². The molecule has 0 spiro atoms. The zero-order valence-electron chi connectivity index (χ0n) is 15.9. The number of carbonyl (C=O) groups excluding carboxylic acids is 1. The molecular formula is C19H30N2O3S. The molecule has 25 heavy (non-hydrogen) atoms. The van der Waals surface area contributed by atoms with Crippen LogP contribution in [0.1, 0.15) is 56.5 Å². The van der Waals surface area contributed by atoms with Crippen molar-refractivity contribution in [3.8, 4) is 0 Å². The number of sulfonamides is 1. The molecule has 1 atom stereocenters. The fourth-order valence-electron chi connectivity index (χ4n) is 2.83. The van der Waals surface area contributed by atoms with Crippen molar-refractivity contribution in [3.05, 3.63) is 29.3 Å². The molecule has 0 aromatic heterocycles. The van der Waals surface area contributed by atoms with Crippen LogP contribution in [-0.4, -0.2) is 37.8 Å². The summed E-state index contributed by atoms with van der Waals surface area (Å²) in [5, 5.41) is 2.95. The number of piperidine rings is 1. The Morgan fingerprint density at radius 1 is 1.20 bits per heavy atom. The first-order valence-corrected chi connectivity index (χ1v) is 10.5. The van der Waals surface area contributed by atoms with Crippen LogP contribution in [-0.2, 0) is 10.0 Å². The lowest BCUT2D eigenvalue weighted by Gasteiger charge is -2.29. The fraction of sp³-hybridized carbons (Fsp3) is 0.632. The zero-order valence-corrected chi connectivity index (χ0v) is 16.7. The quantitative estimate of drug-likeness (QED) is 0.870. The third-order valence-electron chi connectivity index (χ3n) is 5.19. The Kier molecular flexibility index (Phi) is 6.27. The summed E-state index contributed by atoms with van der Waals surface area (Å²) in [7, 11) is -3.55. The fourth-order valence-corrected chi connectivity index (χ4v) is 4.33. The van der Waals surface area contributed by atoms with Gasteiger partial charge in [0.15, 0.2) is 0 Å². The predicted octanol–water partition coefficient (Wildman–Crippen LogP) is 3.19. The van der Waals surface area contributed by atoms with Crippen LogP contribution in [0.5, 0.6) is 0 Å². The van der Waals surface area contributed by atoms with Gasteiger partial charge in [-0.05, 0) is 56.2 Å². The van der Waals surface area contributed by atoms with E-state index in [0.29, 0.717) is 30.5 Å². The molecule has 1 heterocycles. The van der Waals surface area contributed by atoms with Crippen LogP contribution in [0.25, 0.3) is 0 Å². The van der Waals surface area contributed by atoms with Gasteiger partial charge in [-0.25, -0.2) is 8.42 Å². The van der Waals surface area contributed by atoms with E-state index in [2.05, 4.69) is 12.2 Å². The number of nitrogens with zero attached hydrogens (tertiary/aromatic N) is 1. The van der Waals surface area contributed by atoms with E-state index in [0.717, 1.165) is 18.4 Å². The molecule has 1 aromatic carbocycles. The summed E-state index contributed by atoms with van der Waals surface area (Å²) in [5.41, 5.74) is 1.21. The van der Waals surface area contributed by atoms with Gasteiger partial charge < -0.3 is 5.32 Å². The molecule has 2 rings (SSSR count). The number of nitrogens with one attached hydrogen (secondary N) is 1. The summed E-state index contributed by atoms with van der Waals surface area (Å²) in [4.78, 5) is 12.8. The van der Waals surface area contributed by atoms with Gasteiger partial charge in [0.05, 0.1) is 4.90 Å². The van der Waals surface area contributed by atoms with Gasteiger partial charge >= 0.3 is 0 Å². The third-order valence-corrected chi connectivity index (χ3v) is 7.09. The smallest absolute Gasteiger partial charge is 0.251 e. The molecule has 6 heteroatoms. The van der Waals surface area contributed by atoms with Crippen LogP contribution < -0.4 is 5.32 Å². The SMILES string of the molecule is Cc1ccc(S(=O)(=O)N2CCC(C)CC2)cc1C(=O)N[C@H](C)C(C)C. The molecule has 1 saturated heterocycles. The summed E-state index contributed by atoms with van der Waals surface area (Å²) in [6.45, 7) is 11.1. The van der Waals surface area contributed by atoms with Gasteiger partial charge in [-0.1, -0.05) is 26.8 Å². The Bertz CT molecular complexity index is 720. The minimum Gasteiger partial charge on any atom is -0.349 e. The zero-order chi connectivity index (χ0) is 18.8. The van der Waals surface area contributed by atoms with Gasteiger partial charge in [-0.2, -0.15) is 4.31 Å². The summed E-state index contributed by atoms with van der Waals surface area (Å²) in [5.74, 6) is 0.651. The predicted molar refractivity (Wildman–Crippen MR) is 100 cm³/mol. The van der Waals surface area contributed by atoms with E-state index >= 15 is 0 Å². The average Bonchev–Trinajstić information content (AvgIpc) is 2.55. The van der Waals surface area contributed by atoms with Gasteiger partial charge in [-0.15, -0.1) is 0 Å². The summed E-state index contributed by atoms with van der Waals surface area (Å²) in [6, 6.07) is 4.86. The maximum Gasteiger partial charge on any atom is 0.251 e. The Morgan fingerprint density at radius 3 is 2.36 bits per heavy atom. The van der Waals surface area contributed by atoms with Crippen LogP contribution in [0, 0.1) is 18.8 Å². The number of hydrogen-bond donors (Lipinski definition) is 1. The van der Waals surface area contributed by atoms with E-state index in [9.17, 15) is 13.2 Å². The van der Waals surface area contributed by atoms with E-state index in [4.69, 9.17) is 0 Å². The van der Waals surface area contributed by atoms with E-state index in [-0.39, 0.29) is 16.8 Å². The van der Waals surface area contributed by atoms with Gasteiger partial charge in [0.25, 0.3) is 5.91 Å². The minimum absolute atomic E-state index is 0.0238. The highest BCUT2D eigenvalue weighted by atomic mass is 32.2. The number of hydrogen-bond acceptors (Lipinski definition) is 3. The molecule has 1 aliphatic rings. The summed E-state index contributed by atoms with van der Waals surface area (Å²) >= 11 is 0. The van der Waals surface area contributed by atoms with Crippen molar-refractivity contribution in [2.75, 3.05) is 13.1 Å². The third kappa shape index (κ3) is 4.61. The largest absolute Gasteiger partial charge is 0.349 e. The molecule has 0 bridgehead atoms. The number of rotatable bonds is 5. The van der Waals surface area contributed by atoms with E-state index < -0.39 is 10.0 Å². The molecule has 1 N–H and O–H groups in total. The van der Waals surface area contributed by atoms with Gasteiger partial charge in [-0.3, -0.25) is 4.79 Å². The highest BCUT2D eigenvalue weighted by Gasteiger charge is 2.29. The maximum absolute atomic E-state index is 12.9. The number of aryl methyl sites for hydroxylation is 1. The van der Waals surface area contributed by atoms with Crippen LogP contribution in [0.15, 0.2) is 23.1 Å². The molecule has 1 aromatic rings. The lowest BCUT2D eigenvalue weighted by atomic mass is 10.0. The Morgan fingerprint density at radius 2 is 1.80 bits per heavy atom. The van der Waals surface area contributed by atoms with Crippen molar-refractivity contribution < 1.29 is 13.2 Å². The normalized spacial score (nSPS) is 18.3. The first kappa shape index (κ1) is 19.9. The Hall–Kier alpha value is -1.40. The molecule has 140 valence electrons. The van der Waals surface area contributed by atoms with Crippen molar-refractivity contribution in [1.82, 2.24) is 9.62 Å². The molecule has 0 radical (unpaired) electrons. The van der Waals surface area contributed by atoms with Crippen molar-refractivity contribution in [2.24, 2.45) is 11.8 Å². The Labute approximate surface area is 151 Å². The second-order valence-corrected chi connectivity index (χ2v) is 9.51. The Balaban J connectivity index is 2.27. The van der Waals surface area contributed by atoms with Gasteiger partial charge in [0, 0.05) is 24.7 Å². The lowest BCUT2D eigenvalue weighted by molar-refractivity contribution is 0.0929. The highest BCUT2D eigenvalue weighted by molar-refractivity contribution is 7.89. The number of benzene rings is 1. The first-order chi connectivity index (χ1) is 11.6. The van der Waals surface area contributed by atoms with Crippen LogP contribution in [0.4, 0.5) is 0 Å². The molecular weight excluding hydrogens is 336 g/mol. The molecule has 1 amide bonds. The monoisotopic (exact) mass is 366 g/mol. The number of carbonyl (C=O) groups is 1. The topological polar surface area (TPSA) is 66.5 Å². The lowest BCUT2D eigenvalue weighted by Crippen LogP contribution is -2.38. The average molecular weight is 367 g/mol. The molecule has 5 nitrogen and oxygen atoms in total. The van der Waals surface area contributed by atoms with Crippen LogP contribution in [0.2, 0.25) is 0 Å². The van der Waals surface area contributed by atoms with Crippen molar-refractivity contribution in [2.45, 2.75) is 58.4 Å². The minimum atomic E-state index is -3.55. The first-order valence-electron chi connectivity index (χ1n) is 9.04. The van der Waals surface area contributed by atoms with Crippen molar-refractivity contribution in [1.29, 1.82) is 0 Å².